The Hall–Kier alpha value is -3.06. The van der Waals surface area contributed by atoms with Crippen molar-refractivity contribution in [2.75, 3.05) is 19.7 Å². The minimum absolute atomic E-state index is 0.271. The lowest BCUT2D eigenvalue weighted by Crippen LogP contribution is -2.27. The van der Waals surface area contributed by atoms with Gasteiger partial charge in [0.25, 0.3) is 5.91 Å². The fourth-order valence-corrected chi connectivity index (χ4v) is 3.81. The van der Waals surface area contributed by atoms with E-state index in [0.717, 1.165) is 54.4 Å². The molecule has 28 heavy (non-hydrogen) atoms. The normalized spacial score (nSPS) is 18.8. The van der Waals surface area contributed by atoms with Crippen LogP contribution in [0.5, 0.6) is 5.75 Å². The zero-order valence-electron chi connectivity index (χ0n) is 15.5. The monoisotopic (exact) mass is 375 g/mol. The number of hydrogen-bond donors (Lipinski definition) is 1. The van der Waals surface area contributed by atoms with Crippen LogP contribution in [0.1, 0.15) is 46.9 Å². The Labute approximate surface area is 162 Å². The third-order valence-corrected chi connectivity index (χ3v) is 5.33. The van der Waals surface area contributed by atoms with Crippen LogP contribution in [0.2, 0.25) is 0 Å². The standard InChI is InChI=1S/C21H21N5O2/c27-21(23-17-9-12-28-18-4-2-1-3-16(17)18)15-5-6-19-24-20(25-26(19)13-15)14-7-10-22-11-8-14/h1-6,13-14,22H,7-12H2. The van der Waals surface area contributed by atoms with Crippen molar-refractivity contribution in [3.63, 3.8) is 0 Å². The summed E-state index contributed by atoms with van der Waals surface area (Å²) in [5.74, 6) is 1.74. The summed E-state index contributed by atoms with van der Waals surface area (Å²) in [6, 6.07) is 11.3. The lowest BCUT2D eigenvalue weighted by Gasteiger charge is -2.19. The zero-order valence-corrected chi connectivity index (χ0v) is 15.5. The maximum Gasteiger partial charge on any atom is 0.278 e. The van der Waals surface area contributed by atoms with E-state index in [2.05, 4.69) is 20.4 Å². The van der Waals surface area contributed by atoms with Crippen LogP contribution in [-0.2, 0) is 0 Å². The lowest BCUT2D eigenvalue weighted by atomic mass is 9.98. The molecule has 2 aliphatic rings. The number of aliphatic imine (C=N–C) groups is 1. The van der Waals surface area contributed by atoms with Gasteiger partial charge in [-0.25, -0.2) is 14.5 Å². The molecule has 2 aliphatic heterocycles. The molecule has 0 aliphatic carbocycles. The first kappa shape index (κ1) is 17.1. The molecule has 1 amide bonds. The van der Waals surface area contributed by atoms with Gasteiger partial charge in [0.1, 0.15) is 5.75 Å². The summed E-state index contributed by atoms with van der Waals surface area (Å²) in [5.41, 5.74) is 2.91. The van der Waals surface area contributed by atoms with Crippen molar-refractivity contribution >= 4 is 17.3 Å². The molecule has 0 saturated carbocycles. The van der Waals surface area contributed by atoms with E-state index in [4.69, 9.17) is 4.74 Å². The fourth-order valence-electron chi connectivity index (χ4n) is 3.81. The van der Waals surface area contributed by atoms with Crippen molar-refractivity contribution in [3.8, 4) is 5.75 Å². The third-order valence-electron chi connectivity index (χ3n) is 5.33. The average Bonchev–Trinajstić information content (AvgIpc) is 3.18. The fraction of sp³-hybridized carbons (Fsp3) is 0.333. The summed E-state index contributed by atoms with van der Waals surface area (Å²) in [6.45, 7) is 2.52. The quantitative estimate of drug-likeness (QED) is 0.745. The molecule has 0 bridgehead atoms. The van der Waals surface area contributed by atoms with Crippen molar-refractivity contribution in [1.29, 1.82) is 0 Å². The molecular weight excluding hydrogens is 354 g/mol. The zero-order chi connectivity index (χ0) is 18.9. The summed E-state index contributed by atoms with van der Waals surface area (Å²) in [5, 5.41) is 7.98. The summed E-state index contributed by atoms with van der Waals surface area (Å²) >= 11 is 0. The number of carbonyl (C=O) groups is 1. The largest absolute Gasteiger partial charge is 0.492 e. The van der Waals surface area contributed by atoms with Crippen molar-refractivity contribution in [1.82, 2.24) is 19.9 Å². The predicted octanol–water partition coefficient (Wildman–Crippen LogP) is 2.61. The molecule has 0 unspecified atom stereocenters. The van der Waals surface area contributed by atoms with Gasteiger partial charge in [-0.3, -0.25) is 4.79 Å². The van der Waals surface area contributed by atoms with Crippen LogP contribution in [0.25, 0.3) is 5.65 Å². The summed E-state index contributed by atoms with van der Waals surface area (Å²) in [4.78, 5) is 21.8. The molecule has 0 radical (unpaired) electrons. The molecule has 142 valence electrons. The van der Waals surface area contributed by atoms with Crippen LogP contribution in [-0.4, -0.2) is 45.9 Å². The topological polar surface area (TPSA) is 80.9 Å². The highest BCUT2D eigenvalue weighted by Crippen LogP contribution is 2.25. The van der Waals surface area contributed by atoms with Crippen molar-refractivity contribution in [2.45, 2.75) is 25.2 Å². The van der Waals surface area contributed by atoms with Gasteiger partial charge in [-0.05, 0) is 50.2 Å². The smallest absolute Gasteiger partial charge is 0.278 e. The Morgan fingerprint density at radius 1 is 1.18 bits per heavy atom. The van der Waals surface area contributed by atoms with Crippen LogP contribution in [0, 0.1) is 0 Å². The van der Waals surface area contributed by atoms with Crippen molar-refractivity contribution < 1.29 is 9.53 Å². The van der Waals surface area contributed by atoms with Crippen LogP contribution < -0.4 is 10.1 Å². The van der Waals surface area contributed by atoms with Gasteiger partial charge >= 0.3 is 0 Å². The molecular formula is C21H21N5O2. The molecule has 2 aromatic heterocycles. The van der Waals surface area contributed by atoms with Gasteiger partial charge in [-0.1, -0.05) is 12.1 Å². The van der Waals surface area contributed by atoms with E-state index in [1.165, 1.54) is 0 Å². The number of carbonyl (C=O) groups excluding carboxylic acids is 1. The number of hydrogen-bond acceptors (Lipinski definition) is 5. The highest BCUT2D eigenvalue weighted by atomic mass is 16.5. The van der Waals surface area contributed by atoms with Gasteiger partial charge in [-0.2, -0.15) is 5.10 Å². The van der Waals surface area contributed by atoms with Gasteiger partial charge in [0, 0.05) is 24.1 Å². The summed E-state index contributed by atoms with van der Waals surface area (Å²) < 4.78 is 7.34. The second-order valence-electron chi connectivity index (χ2n) is 7.17. The first-order chi connectivity index (χ1) is 13.8. The van der Waals surface area contributed by atoms with Gasteiger partial charge in [0.2, 0.25) is 0 Å². The van der Waals surface area contributed by atoms with E-state index in [-0.39, 0.29) is 5.91 Å². The Balaban J connectivity index is 1.44. The van der Waals surface area contributed by atoms with Gasteiger partial charge in [0.15, 0.2) is 11.5 Å². The number of pyridine rings is 1. The first-order valence-corrected chi connectivity index (χ1v) is 9.69. The predicted molar refractivity (Wildman–Crippen MR) is 105 cm³/mol. The molecule has 0 spiro atoms. The van der Waals surface area contributed by atoms with E-state index < -0.39 is 0 Å². The van der Waals surface area contributed by atoms with Gasteiger partial charge in [0.05, 0.1) is 17.9 Å². The number of piperidine rings is 1. The number of ether oxygens (including phenoxy) is 1. The number of nitrogens with zero attached hydrogens (tertiary/aromatic N) is 4. The Morgan fingerprint density at radius 3 is 2.93 bits per heavy atom. The number of benzene rings is 1. The van der Waals surface area contributed by atoms with Crippen molar-refractivity contribution in [3.05, 3.63) is 59.5 Å². The van der Waals surface area contributed by atoms with Crippen LogP contribution in [0.15, 0.2) is 47.6 Å². The maximum atomic E-state index is 12.8. The van der Waals surface area contributed by atoms with Crippen molar-refractivity contribution in [2.24, 2.45) is 4.99 Å². The van der Waals surface area contributed by atoms with Crippen LogP contribution in [0.3, 0.4) is 0 Å². The summed E-state index contributed by atoms with van der Waals surface area (Å²) in [6.07, 6.45) is 4.42. The Morgan fingerprint density at radius 2 is 2.04 bits per heavy atom. The van der Waals surface area contributed by atoms with Gasteiger partial charge < -0.3 is 10.1 Å². The molecule has 1 N–H and O–H groups in total. The molecule has 5 rings (SSSR count). The SMILES string of the molecule is O=C(N=C1CCOc2ccccc21)c1ccc2nc(C3CCNCC3)nn2c1. The Bertz CT molecular complexity index is 1070. The highest BCUT2D eigenvalue weighted by molar-refractivity contribution is 6.12. The number of aromatic nitrogens is 3. The molecule has 0 atom stereocenters. The number of fused-ring (bicyclic) bond motifs is 2. The number of para-hydroxylation sites is 1. The highest BCUT2D eigenvalue weighted by Gasteiger charge is 2.21. The minimum Gasteiger partial charge on any atom is -0.492 e. The maximum absolute atomic E-state index is 12.8. The second kappa shape index (κ2) is 7.16. The van der Waals surface area contributed by atoms with E-state index in [0.29, 0.717) is 24.5 Å². The number of rotatable bonds is 2. The molecule has 4 heterocycles. The minimum atomic E-state index is -0.271. The summed E-state index contributed by atoms with van der Waals surface area (Å²) in [7, 11) is 0. The molecule has 1 saturated heterocycles. The molecule has 7 heteroatoms. The van der Waals surface area contributed by atoms with Gasteiger partial charge in [-0.15, -0.1) is 0 Å². The Kier molecular flexibility index (Phi) is 4.37. The van der Waals surface area contributed by atoms with E-state index in [1.807, 2.05) is 30.3 Å². The molecule has 1 fully saturated rings. The number of amides is 1. The van der Waals surface area contributed by atoms with Crippen LogP contribution in [0.4, 0.5) is 0 Å². The molecule has 7 nitrogen and oxygen atoms in total. The first-order valence-electron chi connectivity index (χ1n) is 9.69. The lowest BCUT2D eigenvalue weighted by molar-refractivity contribution is 0.100. The number of nitrogens with one attached hydrogen (secondary N) is 1. The average molecular weight is 375 g/mol. The van der Waals surface area contributed by atoms with Crippen LogP contribution >= 0.6 is 0 Å². The van der Waals surface area contributed by atoms with E-state index in [1.54, 1.807) is 16.8 Å². The second-order valence-corrected chi connectivity index (χ2v) is 7.17. The van der Waals surface area contributed by atoms with E-state index >= 15 is 0 Å². The molecule has 1 aromatic carbocycles. The molecule has 3 aromatic rings. The van der Waals surface area contributed by atoms with E-state index in [9.17, 15) is 4.79 Å². The third kappa shape index (κ3) is 3.18.